The van der Waals surface area contributed by atoms with E-state index in [2.05, 4.69) is 45.4 Å². The van der Waals surface area contributed by atoms with Crippen molar-refractivity contribution in [1.82, 2.24) is 10.3 Å². The largest absolute Gasteiger partial charge is 0.332 e. The van der Waals surface area contributed by atoms with E-state index in [0.717, 1.165) is 40.8 Å². The maximum atomic E-state index is 12.9. The van der Waals surface area contributed by atoms with Gasteiger partial charge >= 0.3 is 0 Å². The molecule has 0 atom stereocenters. The first-order valence-corrected chi connectivity index (χ1v) is 12.1. The molecule has 7 heteroatoms. The number of thiazole rings is 1. The topological polar surface area (TPSA) is 54.0 Å². The number of thiocarbonyl (C=S) groups is 1. The fourth-order valence-corrected chi connectivity index (χ4v) is 5.23. The maximum absolute atomic E-state index is 12.9. The van der Waals surface area contributed by atoms with Gasteiger partial charge < -0.3 is 5.32 Å². The fraction of sp³-hybridized carbons (Fsp3) is 0. The average Bonchev–Trinajstić information content (AvgIpc) is 3.24. The molecule has 0 saturated carbocycles. The molecule has 0 aliphatic rings. The number of anilines is 1. The SMILES string of the molecule is O=C(NC(=S)Nc1ccc(I)cc1-c1nc2ccccc2s1)c1cccc2ccccc12. The summed E-state index contributed by atoms with van der Waals surface area (Å²) in [5, 5.41) is 9.05. The van der Waals surface area contributed by atoms with Crippen molar-refractivity contribution in [3.05, 3.63) is 94.1 Å². The normalized spacial score (nSPS) is 10.9. The van der Waals surface area contributed by atoms with Crippen molar-refractivity contribution in [1.29, 1.82) is 0 Å². The molecule has 1 aromatic heterocycles. The van der Waals surface area contributed by atoms with Crippen LogP contribution in [-0.4, -0.2) is 16.0 Å². The van der Waals surface area contributed by atoms with Crippen LogP contribution in [-0.2, 0) is 0 Å². The zero-order valence-corrected chi connectivity index (χ0v) is 20.4. The van der Waals surface area contributed by atoms with Crippen LogP contribution >= 0.6 is 46.1 Å². The van der Waals surface area contributed by atoms with Gasteiger partial charge in [-0.3, -0.25) is 10.1 Å². The molecule has 2 N–H and O–H groups in total. The quantitative estimate of drug-likeness (QED) is 0.186. The highest BCUT2D eigenvalue weighted by Crippen LogP contribution is 2.35. The van der Waals surface area contributed by atoms with Crippen molar-refractivity contribution < 1.29 is 4.79 Å². The summed E-state index contributed by atoms with van der Waals surface area (Å²) < 4.78 is 2.22. The number of carbonyl (C=O) groups is 1. The molecule has 0 aliphatic carbocycles. The molecule has 5 aromatic rings. The van der Waals surface area contributed by atoms with Crippen LogP contribution in [0.4, 0.5) is 5.69 Å². The van der Waals surface area contributed by atoms with Gasteiger partial charge in [-0.25, -0.2) is 4.98 Å². The van der Waals surface area contributed by atoms with Crippen LogP contribution in [0.2, 0.25) is 0 Å². The average molecular weight is 565 g/mol. The summed E-state index contributed by atoms with van der Waals surface area (Å²) in [5.74, 6) is -0.244. The number of rotatable bonds is 3. The lowest BCUT2D eigenvalue weighted by Crippen LogP contribution is -2.34. The molecule has 156 valence electrons. The van der Waals surface area contributed by atoms with Crippen molar-refractivity contribution in [2.24, 2.45) is 0 Å². The van der Waals surface area contributed by atoms with E-state index in [1.54, 1.807) is 17.4 Å². The van der Waals surface area contributed by atoms with Crippen LogP contribution in [0, 0.1) is 3.57 Å². The van der Waals surface area contributed by atoms with Gasteiger partial charge in [0, 0.05) is 14.7 Å². The Morgan fingerprint density at radius 2 is 1.72 bits per heavy atom. The van der Waals surface area contributed by atoms with Crippen LogP contribution in [0.25, 0.3) is 31.6 Å². The molecule has 1 amide bonds. The molecule has 0 bridgehead atoms. The molecular weight excluding hydrogens is 549 g/mol. The first-order chi connectivity index (χ1) is 15.6. The maximum Gasteiger partial charge on any atom is 0.258 e. The predicted molar refractivity (Wildman–Crippen MR) is 145 cm³/mol. The van der Waals surface area contributed by atoms with Crippen molar-refractivity contribution >= 4 is 83.8 Å². The lowest BCUT2D eigenvalue weighted by molar-refractivity contribution is 0.0979. The third kappa shape index (κ3) is 4.23. The minimum atomic E-state index is -0.244. The van der Waals surface area contributed by atoms with E-state index in [-0.39, 0.29) is 11.0 Å². The second-order valence-corrected chi connectivity index (χ2v) is 9.80. The monoisotopic (exact) mass is 565 g/mol. The van der Waals surface area contributed by atoms with Gasteiger partial charge in [0.1, 0.15) is 5.01 Å². The molecule has 0 fully saturated rings. The number of nitrogens with zero attached hydrogens (tertiary/aromatic N) is 1. The molecule has 0 radical (unpaired) electrons. The molecule has 32 heavy (non-hydrogen) atoms. The van der Waals surface area contributed by atoms with Crippen LogP contribution in [0.1, 0.15) is 10.4 Å². The molecule has 0 unspecified atom stereocenters. The third-order valence-corrected chi connectivity index (χ3v) is 6.96. The first kappa shape index (κ1) is 21.0. The second-order valence-electron chi connectivity index (χ2n) is 7.11. The van der Waals surface area contributed by atoms with Crippen LogP contribution in [0.15, 0.2) is 84.9 Å². The number of aromatic nitrogens is 1. The first-order valence-electron chi connectivity index (χ1n) is 9.84. The van der Waals surface area contributed by atoms with Gasteiger partial charge in [-0.15, -0.1) is 11.3 Å². The summed E-state index contributed by atoms with van der Waals surface area (Å²) in [4.78, 5) is 17.7. The number of carbonyl (C=O) groups excluding carboxylic acids is 1. The van der Waals surface area contributed by atoms with Gasteiger partial charge in [-0.1, -0.05) is 48.5 Å². The van der Waals surface area contributed by atoms with E-state index >= 15 is 0 Å². The Morgan fingerprint density at radius 3 is 2.59 bits per heavy atom. The van der Waals surface area contributed by atoms with Crippen molar-refractivity contribution in [3.63, 3.8) is 0 Å². The number of hydrogen-bond donors (Lipinski definition) is 2. The summed E-state index contributed by atoms with van der Waals surface area (Å²) in [5.41, 5.74) is 3.29. The molecule has 1 heterocycles. The molecular formula is C25H16IN3OS2. The van der Waals surface area contributed by atoms with Crippen LogP contribution in [0.3, 0.4) is 0 Å². The standard InChI is InChI=1S/C25H16IN3OS2/c26-16-12-13-20(19(14-16)24-27-21-10-3-4-11-22(21)32-24)28-25(31)29-23(30)18-9-5-7-15-6-1-2-8-17(15)18/h1-14H,(H2,28,29,30,31). The zero-order valence-electron chi connectivity index (χ0n) is 16.6. The molecule has 0 spiro atoms. The van der Waals surface area contributed by atoms with E-state index in [1.807, 2.05) is 66.7 Å². The number of amides is 1. The van der Waals surface area contributed by atoms with Gasteiger partial charge in [-0.2, -0.15) is 0 Å². The number of para-hydroxylation sites is 1. The number of nitrogens with one attached hydrogen (secondary N) is 2. The highest BCUT2D eigenvalue weighted by atomic mass is 127. The Morgan fingerprint density at radius 1 is 0.938 bits per heavy atom. The van der Waals surface area contributed by atoms with E-state index in [1.165, 1.54) is 0 Å². The highest BCUT2D eigenvalue weighted by molar-refractivity contribution is 14.1. The number of hydrogen-bond acceptors (Lipinski definition) is 4. The summed E-state index contributed by atoms with van der Waals surface area (Å²) in [6, 6.07) is 27.5. The molecule has 0 aliphatic heterocycles. The highest BCUT2D eigenvalue weighted by Gasteiger charge is 2.15. The Kier molecular flexibility index (Phi) is 5.86. The Bertz CT molecular complexity index is 1460. The van der Waals surface area contributed by atoms with E-state index in [4.69, 9.17) is 17.2 Å². The second kappa shape index (κ2) is 8.93. The van der Waals surface area contributed by atoms with Gasteiger partial charge in [0.25, 0.3) is 5.91 Å². The molecule has 0 saturated heterocycles. The summed E-state index contributed by atoms with van der Waals surface area (Å²) in [7, 11) is 0. The lowest BCUT2D eigenvalue weighted by Gasteiger charge is -2.13. The van der Waals surface area contributed by atoms with Crippen molar-refractivity contribution in [2.75, 3.05) is 5.32 Å². The number of halogens is 1. The lowest BCUT2D eigenvalue weighted by atomic mass is 10.0. The van der Waals surface area contributed by atoms with Crippen molar-refractivity contribution in [2.45, 2.75) is 0 Å². The summed E-state index contributed by atoms with van der Waals surface area (Å²) >= 11 is 9.39. The number of fused-ring (bicyclic) bond motifs is 2. The molecule has 4 aromatic carbocycles. The smallest absolute Gasteiger partial charge is 0.258 e. The minimum Gasteiger partial charge on any atom is -0.332 e. The summed E-state index contributed by atoms with van der Waals surface area (Å²) in [6.07, 6.45) is 0. The Hall–Kier alpha value is -2.88. The van der Waals surface area contributed by atoms with Gasteiger partial charge in [0.05, 0.1) is 15.9 Å². The summed E-state index contributed by atoms with van der Waals surface area (Å²) in [6.45, 7) is 0. The van der Waals surface area contributed by atoms with Gasteiger partial charge in [0.2, 0.25) is 0 Å². The van der Waals surface area contributed by atoms with Crippen LogP contribution in [0.5, 0.6) is 0 Å². The Balaban J connectivity index is 1.41. The number of benzene rings is 4. The van der Waals surface area contributed by atoms with Crippen molar-refractivity contribution in [3.8, 4) is 10.6 Å². The fourth-order valence-electron chi connectivity index (χ4n) is 3.54. The van der Waals surface area contributed by atoms with Gasteiger partial charge in [-0.05, 0) is 82.0 Å². The van der Waals surface area contributed by atoms with Gasteiger partial charge in [0.15, 0.2) is 5.11 Å². The zero-order chi connectivity index (χ0) is 22.1. The third-order valence-electron chi connectivity index (χ3n) is 5.02. The van der Waals surface area contributed by atoms with E-state index in [9.17, 15) is 4.79 Å². The van der Waals surface area contributed by atoms with Crippen LogP contribution < -0.4 is 10.6 Å². The predicted octanol–water partition coefficient (Wildman–Crippen LogP) is 6.85. The Labute approximate surface area is 207 Å². The molecule has 4 nitrogen and oxygen atoms in total. The van der Waals surface area contributed by atoms with E-state index in [0.29, 0.717) is 5.56 Å². The van der Waals surface area contributed by atoms with E-state index < -0.39 is 0 Å². The molecule has 5 rings (SSSR count). The minimum absolute atomic E-state index is 0.242.